The fraction of sp³-hybridized carbons (Fsp3) is 0.667. The summed E-state index contributed by atoms with van der Waals surface area (Å²) in [6.45, 7) is 3.12. The number of hydrogen-bond donors (Lipinski definition) is 2. The number of rotatable bonds is 0. The lowest BCUT2D eigenvalue weighted by Crippen LogP contribution is -2.69. The molecular formula is C18H23NO3. The molecule has 2 aliphatic heterocycles. The molecule has 2 N–H and O–H groups in total. The molecule has 1 aromatic rings. The SMILES string of the molecule is Cc1ccc2c3c1O[C@H]1C(O)[C@H](O)C[C@H]4[C@H](C2)N(C)CC[C@]314. The van der Waals surface area contributed by atoms with Crippen LogP contribution in [0.25, 0.3) is 0 Å². The first-order valence-electron chi connectivity index (χ1n) is 8.40. The number of aryl methyl sites for hydroxylation is 1. The molecule has 0 aromatic heterocycles. The highest BCUT2D eigenvalue weighted by molar-refractivity contribution is 5.58. The van der Waals surface area contributed by atoms with Crippen molar-refractivity contribution >= 4 is 0 Å². The Balaban J connectivity index is 1.80. The third-order valence-corrected chi connectivity index (χ3v) is 6.86. The zero-order valence-corrected chi connectivity index (χ0v) is 13.1. The maximum atomic E-state index is 10.6. The van der Waals surface area contributed by atoms with Crippen LogP contribution in [0.2, 0.25) is 0 Å². The van der Waals surface area contributed by atoms with Crippen molar-refractivity contribution in [1.82, 2.24) is 4.90 Å². The number of aliphatic hydroxyl groups is 2. The summed E-state index contributed by atoms with van der Waals surface area (Å²) in [6, 6.07) is 4.84. The fourth-order valence-corrected chi connectivity index (χ4v) is 5.83. The van der Waals surface area contributed by atoms with Gasteiger partial charge in [-0.2, -0.15) is 0 Å². The molecule has 22 heavy (non-hydrogen) atoms. The van der Waals surface area contributed by atoms with Gasteiger partial charge in [0.2, 0.25) is 0 Å². The van der Waals surface area contributed by atoms with E-state index in [4.69, 9.17) is 4.74 Å². The molecule has 0 radical (unpaired) electrons. The third-order valence-electron chi connectivity index (χ3n) is 6.86. The van der Waals surface area contributed by atoms with Crippen LogP contribution < -0.4 is 4.74 Å². The van der Waals surface area contributed by atoms with Crippen molar-refractivity contribution in [2.24, 2.45) is 5.92 Å². The average molecular weight is 301 g/mol. The summed E-state index contributed by atoms with van der Waals surface area (Å²) in [4.78, 5) is 2.44. The van der Waals surface area contributed by atoms with Crippen LogP contribution in [-0.2, 0) is 11.8 Å². The Hall–Kier alpha value is -1.10. The second-order valence-electron chi connectivity index (χ2n) is 7.73. The number of piperidine rings is 1. The normalized spacial score (nSPS) is 45.4. The molecule has 4 nitrogen and oxygen atoms in total. The Morgan fingerprint density at radius 1 is 1.32 bits per heavy atom. The van der Waals surface area contributed by atoms with Gasteiger partial charge < -0.3 is 19.8 Å². The van der Waals surface area contributed by atoms with E-state index in [0.29, 0.717) is 18.4 Å². The maximum absolute atomic E-state index is 10.6. The van der Waals surface area contributed by atoms with Gasteiger partial charge in [-0.05, 0) is 56.8 Å². The topological polar surface area (TPSA) is 52.9 Å². The molecule has 1 spiro atoms. The summed E-state index contributed by atoms with van der Waals surface area (Å²) in [6.07, 6.45) is 0.995. The largest absolute Gasteiger partial charge is 0.486 e. The Labute approximate surface area is 130 Å². The molecule has 4 aliphatic rings. The quantitative estimate of drug-likeness (QED) is 0.750. The molecule has 6 atom stereocenters. The van der Waals surface area contributed by atoms with Crippen molar-refractivity contribution in [3.8, 4) is 5.75 Å². The van der Waals surface area contributed by atoms with E-state index >= 15 is 0 Å². The molecule has 2 aliphatic carbocycles. The van der Waals surface area contributed by atoms with Crippen molar-refractivity contribution in [2.75, 3.05) is 13.6 Å². The van der Waals surface area contributed by atoms with Crippen LogP contribution in [0, 0.1) is 12.8 Å². The first-order valence-corrected chi connectivity index (χ1v) is 8.40. The molecule has 5 rings (SSSR count). The smallest absolute Gasteiger partial charge is 0.137 e. The summed E-state index contributed by atoms with van der Waals surface area (Å²) in [5.41, 5.74) is 3.81. The Bertz CT molecular complexity index is 660. The number of ether oxygens (including phenoxy) is 1. The summed E-state index contributed by atoms with van der Waals surface area (Å²) >= 11 is 0. The predicted octanol–water partition coefficient (Wildman–Crippen LogP) is 0.996. The second kappa shape index (κ2) is 4.05. The molecule has 4 heteroatoms. The van der Waals surface area contributed by atoms with Crippen LogP contribution in [0.4, 0.5) is 0 Å². The van der Waals surface area contributed by atoms with Gasteiger partial charge in [-0.25, -0.2) is 0 Å². The maximum Gasteiger partial charge on any atom is 0.137 e. The standard InChI is InChI=1S/C18H23NO3/c1-9-3-4-10-7-12-11-8-13(20)15(21)17-18(11,5-6-19(12)2)14(10)16(9)22-17/h3-4,11-13,15,17,20-21H,5-8H2,1-2H3/t11-,12-,13+,15?,17-,18-/m0/s1. The first-order chi connectivity index (χ1) is 10.5. The molecule has 1 unspecified atom stereocenters. The number of benzene rings is 1. The van der Waals surface area contributed by atoms with Gasteiger partial charge in [-0.15, -0.1) is 0 Å². The minimum Gasteiger partial charge on any atom is -0.486 e. The second-order valence-corrected chi connectivity index (χ2v) is 7.73. The van der Waals surface area contributed by atoms with Crippen LogP contribution in [0.15, 0.2) is 12.1 Å². The van der Waals surface area contributed by atoms with Crippen LogP contribution in [0.3, 0.4) is 0 Å². The van der Waals surface area contributed by atoms with Gasteiger partial charge in [0.1, 0.15) is 18.0 Å². The molecule has 2 bridgehead atoms. The zero-order valence-electron chi connectivity index (χ0n) is 13.1. The number of likely N-dealkylation sites (N-methyl/N-ethyl adjacent to an activating group) is 1. The molecule has 1 saturated carbocycles. The molecule has 2 heterocycles. The van der Waals surface area contributed by atoms with Gasteiger partial charge >= 0.3 is 0 Å². The molecule has 118 valence electrons. The van der Waals surface area contributed by atoms with Gasteiger partial charge in [-0.1, -0.05) is 12.1 Å². The summed E-state index contributed by atoms with van der Waals surface area (Å²) < 4.78 is 6.30. The van der Waals surface area contributed by atoms with Crippen molar-refractivity contribution in [3.63, 3.8) is 0 Å². The van der Waals surface area contributed by atoms with E-state index in [2.05, 4.69) is 31.0 Å². The van der Waals surface area contributed by atoms with E-state index < -0.39 is 12.2 Å². The average Bonchev–Trinajstić information content (AvgIpc) is 2.84. The van der Waals surface area contributed by atoms with Gasteiger partial charge in [0, 0.05) is 17.0 Å². The third kappa shape index (κ3) is 1.31. The number of nitrogens with zero attached hydrogens (tertiary/aromatic N) is 1. The van der Waals surface area contributed by atoms with Crippen molar-refractivity contribution < 1.29 is 14.9 Å². The van der Waals surface area contributed by atoms with Gasteiger partial charge in [0.25, 0.3) is 0 Å². The monoisotopic (exact) mass is 301 g/mol. The first kappa shape index (κ1) is 13.3. The van der Waals surface area contributed by atoms with Crippen molar-refractivity contribution in [2.45, 2.75) is 56.0 Å². The minimum absolute atomic E-state index is 0.0925. The fourth-order valence-electron chi connectivity index (χ4n) is 5.83. The van der Waals surface area contributed by atoms with E-state index in [0.717, 1.165) is 30.7 Å². The summed E-state index contributed by atoms with van der Waals surface area (Å²) in [7, 11) is 2.19. The number of hydrogen-bond acceptors (Lipinski definition) is 4. The predicted molar refractivity (Wildman–Crippen MR) is 82.1 cm³/mol. The number of likely N-dealkylation sites (tertiary alicyclic amines) is 1. The highest BCUT2D eigenvalue weighted by Crippen LogP contribution is 2.62. The van der Waals surface area contributed by atoms with E-state index in [1.807, 2.05) is 0 Å². The van der Waals surface area contributed by atoms with Crippen LogP contribution in [-0.4, -0.2) is 53.1 Å². The lowest BCUT2D eigenvalue weighted by atomic mass is 9.51. The van der Waals surface area contributed by atoms with E-state index in [1.165, 1.54) is 11.1 Å². The summed E-state index contributed by atoms with van der Waals surface area (Å²) in [5, 5.41) is 21.0. The highest BCUT2D eigenvalue weighted by atomic mass is 16.5. The molecule has 0 amide bonds. The van der Waals surface area contributed by atoms with E-state index in [-0.39, 0.29) is 11.5 Å². The van der Waals surface area contributed by atoms with Crippen LogP contribution >= 0.6 is 0 Å². The zero-order chi connectivity index (χ0) is 15.2. The molecular weight excluding hydrogens is 278 g/mol. The summed E-state index contributed by atoms with van der Waals surface area (Å²) in [5.74, 6) is 1.37. The van der Waals surface area contributed by atoms with Crippen LogP contribution in [0.5, 0.6) is 5.75 Å². The highest BCUT2D eigenvalue weighted by Gasteiger charge is 2.66. The molecule has 1 aromatic carbocycles. The Morgan fingerprint density at radius 2 is 2.14 bits per heavy atom. The molecule has 2 fully saturated rings. The van der Waals surface area contributed by atoms with Gasteiger partial charge in [-0.3, -0.25) is 0 Å². The van der Waals surface area contributed by atoms with E-state index in [9.17, 15) is 10.2 Å². The van der Waals surface area contributed by atoms with Gasteiger partial charge in [0.05, 0.1) is 6.10 Å². The lowest BCUT2D eigenvalue weighted by Gasteiger charge is -2.59. The van der Waals surface area contributed by atoms with Crippen LogP contribution in [0.1, 0.15) is 29.5 Å². The minimum atomic E-state index is -0.780. The molecule has 1 saturated heterocycles. The van der Waals surface area contributed by atoms with Crippen molar-refractivity contribution in [1.29, 1.82) is 0 Å². The number of aliphatic hydroxyl groups excluding tert-OH is 2. The Kier molecular flexibility index (Phi) is 2.46. The lowest BCUT2D eigenvalue weighted by molar-refractivity contribution is -0.150. The van der Waals surface area contributed by atoms with Crippen molar-refractivity contribution in [3.05, 3.63) is 28.8 Å². The van der Waals surface area contributed by atoms with Gasteiger partial charge in [0.15, 0.2) is 0 Å². The Morgan fingerprint density at radius 3 is 2.95 bits per heavy atom. The van der Waals surface area contributed by atoms with E-state index in [1.54, 1.807) is 0 Å².